The van der Waals surface area contributed by atoms with Crippen LogP contribution in [0.15, 0.2) is 70.4 Å². The van der Waals surface area contributed by atoms with Crippen molar-refractivity contribution in [1.82, 2.24) is 9.97 Å². The monoisotopic (exact) mass is 536 g/mol. The zero-order chi connectivity index (χ0) is 25.2. The van der Waals surface area contributed by atoms with Crippen LogP contribution >= 0.6 is 15.9 Å². The number of nitrogens with zero attached hydrogens (tertiary/aromatic N) is 4. The number of hydrogen-bond donors (Lipinski definition) is 3. The van der Waals surface area contributed by atoms with Crippen LogP contribution in [0.3, 0.4) is 0 Å². The van der Waals surface area contributed by atoms with E-state index >= 15 is 0 Å². The maximum absolute atomic E-state index is 12.2. The molecule has 0 fully saturated rings. The molecule has 0 aliphatic carbocycles. The number of nitrogens with two attached hydrogens (primary N) is 1. The first kappa shape index (κ1) is 25.3. The molecule has 0 saturated carbocycles. The van der Waals surface area contributed by atoms with Crippen LogP contribution in [0.5, 0.6) is 0 Å². The van der Waals surface area contributed by atoms with E-state index in [9.17, 15) is 9.59 Å². The van der Waals surface area contributed by atoms with Crippen molar-refractivity contribution in [2.24, 2.45) is 10.7 Å². The number of nitrogens with one attached hydrogen (secondary N) is 1. The molecule has 10 nitrogen and oxygen atoms in total. The number of carboxylic acid groups (broad SMARTS) is 1. The number of aliphatic imine (C=N–C) groups is 1. The summed E-state index contributed by atoms with van der Waals surface area (Å²) >= 11 is 3.06. The third-order valence-electron chi connectivity index (χ3n) is 4.79. The maximum atomic E-state index is 12.2. The molecule has 35 heavy (non-hydrogen) atoms. The fourth-order valence-electron chi connectivity index (χ4n) is 3.00. The Kier molecular flexibility index (Phi) is 8.86. The second-order valence-electron chi connectivity index (χ2n) is 7.32. The molecular weight excluding hydrogens is 516 g/mol. The molecule has 4 rings (SSSR count). The summed E-state index contributed by atoms with van der Waals surface area (Å²) in [6.07, 6.45) is 3.11. The third-order valence-corrected chi connectivity index (χ3v) is 5.23. The summed E-state index contributed by atoms with van der Waals surface area (Å²) in [5, 5.41) is 20.0. The van der Waals surface area contributed by atoms with E-state index in [-0.39, 0.29) is 29.4 Å². The van der Waals surface area contributed by atoms with Gasteiger partial charge in [0.15, 0.2) is 0 Å². The lowest BCUT2D eigenvalue weighted by atomic mass is 10.1. The quantitative estimate of drug-likeness (QED) is 0.403. The zero-order valence-electron chi connectivity index (χ0n) is 18.4. The fourth-order valence-corrected chi connectivity index (χ4v) is 3.34. The number of halogens is 1. The number of amidine groups is 1. The van der Waals surface area contributed by atoms with Crippen molar-refractivity contribution in [1.29, 1.82) is 5.26 Å². The number of aromatic carboxylic acids is 1. The largest absolute Gasteiger partial charge is 0.477 e. The number of anilines is 1. The van der Waals surface area contributed by atoms with Gasteiger partial charge in [-0.05, 0) is 70.7 Å². The predicted molar refractivity (Wildman–Crippen MR) is 132 cm³/mol. The average molecular weight is 537 g/mol. The van der Waals surface area contributed by atoms with Crippen molar-refractivity contribution >= 4 is 39.5 Å². The van der Waals surface area contributed by atoms with Crippen molar-refractivity contribution in [2.75, 3.05) is 11.9 Å². The number of hydrogen-bond acceptors (Lipinski definition) is 8. The molecule has 4 N–H and O–H groups in total. The minimum Gasteiger partial charge on any atom is -0.477 e. The van der Waals surface area contributed by atoms with Gasteiger partial charge in [0.1, 0.15) is 28.7 Å². The Hall–Kier alpha value is -4.30. The molecule has 1 aliphatic rings. The third kappa shape index (κ3) is 7.90. The van der Waals surface area contributed by atoms with Gasteiger partial charge in [0, 0.05) is 11.9 Å². The van der Waals surface area contributed by atoms with E-state index in [4.69, 9.17) is 20.8 Å². The Balaban J connectivity index is 0.000000287. The highest BCUT2D eigenvalue weighted by Gasteiger charge is 2.16. The average Bonchev–Trinajstić information content (AvgIpc) is 3.29. The number of aromatic nitrogens is 2. The Labute approximate surface area is 209 Å². The molecule has 3 heterocycles. The molecule has 11 heteroatoms. The summed E-state index contributed by atoms with van der Waals surface area (Å²) < 4.78 is 5.67. The molecule has 2 aromatic heterocycles. The summed E-state index contributed by atoms with van der Waals surface area (Å²) in [5.74, 6) is -1.28. The highest BCUT2D eigenvalue weighted by Crippen LogP contribution is 2.15. The van der Waals surface area contributed by atoms with E-state index in [0.29, 0.717) is 22.5 Å². The van der Waals surface area contributed by atoms with E-state index in [1.165, 1.54) is 18.3 Å². The van der Waals surface area contributed by atoms with Gasteiger partial charge in [0.25, 0.3) is 11.9 Å². The van der Waals surface area contributed by atoms with Gasteiger partial charge in [-0.15, -0.1) is 0 Å². The Bertz CT molecular complexity index is 1260. The molecule has 3 aromatic rings. The highest BCUT2D eigenvalue weighted by molar-refractivity contribution is 9.10. The number of carbonyl (C=O) groups is 2. The minimum absolute atomic E-state index is 0.0503. The normalized spacial score (nSPS) is 13.9. The Morgan fingerprint density at radius 3 is 2.51 bits per heavy atom. The lowest BCUT2D eigenvalue weighted by molar-refractivity contribution is 0.0690. The zero-order valence-corrected chi connectivity index (χ0v) is 20.0. The summed E-state index contributed by atoms with van der Waals surface area (Å²) in [6.45, 7) is 0.540. The van der Waals surface area contributed by atoms with Gasteiger partial charge in [0.2, 0.25) is 0 Å². The van der Waals surface area contributed by atoms with Crippen LogP contribution in [-0.2, 0) is 11.2 Å². The van der Waals surface area contributed by atoms with Crippen molar-refractivity contribution < 1.29 is 19.4 Å². The van der Waals surface area contributed by atoms with E-state index in [1.54, 1.807) is 18.2 Å². The first-order chi connectivity index (χ1) is 16.8. The van der Waals surface area contributed by atoms with Gasteiger partial charge < -0.3 is 20.9 Å². The van der Waals surface area contributed by atoms with Gasteiger partial charge in [-0.25, -0.2) is 19.8 Å². The first-order valence-corrected chi connectivity index (χ1v) is 11.2. The minimum atomic E-state index is -1.01. The van der Waals surface area contributed by atoms with E-state index in [0.717, 1.165) is 18.4 Å². The van der Waals surface area contributed by atoms with Crippen LogP contribution in [-0.4, -0.2) is 45.6 Å². The molecule has 178 valence electrons. The number of amides is 1. The van der Waals surface area contributed by atoms with Crippen LogP contribution in [0.25, 0.3) is 0 Å². The first-order valence-electron chi connectivity index (χ1n) is 10.4. The maximum Gasteiger partial charge on any atom is 0.354 e. The predicted octanol–water partition coefficient (Wildman–Crippen LogP) is 3.39. The van der Waals surface area contributed by atoms with Crippen molar-refractivity contribution in [2.45, 2.75) is 18.9 Å². The molecular formula is C24H21BrN6O4. The summed E-state index contributed by atoms with van der Waals surface area (Å²) in [6, 6.07) is 17.8. The molecule has 0 bridgehead atoms. The second kappa shape index (κ2) is 12.2. The topological polar surface area (TPSA) is 164 Å². The summed E-state index contributed by atoms with van der Waals surface area (Å²) in [4.78, 5) is 34.2. The molecule has 1 aliphatic heterocycles. The standard InChI is InChI=1S/C18H17N5O2.C6H4BrNO2/c19-9-15-8-4-13(10-21-15)17(24)22-14-5-1-12(2-6-14)3-7-16-11-25-18(20)23-16;7-5-3-1-2-4(8-5)6(9)10/h1-2,4-6,8,10,16H,3,7,11H2,(H2,20,23)(H,22,24);1-3H,(H,9,10)/t16-;/m0./s1. The van der Waals surface area contributed by atoms with Gasteiger partial charge >= 0.3 is 5.97 Å². The van der Waals surface area contributed by atoms with Gasteiger partial charge in [-0.2, -0.15) is 5.26 Å². The Morgan fingerprint density at radius 1 is 1.20 bits per heavy atom. The lowest BCUT2D eigenvalue weighted by Crippen LogP contribution is -2.12. The van der Waals surface area contributed by atoms with Gasteiger partial charge in [0.05, 0.1) is 11.6 Å². The highest BCUT2D eigenvalue weighted by atomic mass is 79.9. The molecule has 0 saturated heterocycles. The van der Waals surface area contributed by atoms with Crippen LogP contribution in [0.1, 0.15) is 38.5 Å². The Morgan fingerprint density at radius 2 is 1.97 bits per heavy atom. The van der Waals surface area contributed by atoms with Crippen LogP contribution in [0, 0.1) is 11.3 Å². The molecule has 0 radical (unpaired) electrons. The number of nitriles is 1. The molecule has 0 spiro atoms. The molecule has 1 atom stereocenters. The van der Waals surface area contributed by atoms with E-state index in [1.807, 2.05) is 30.3 Å². The SMILES string of the molecule is N#Cc1ccc(C(=O)Nc2ccc(CC[C@H]3COC(N)=N3)cc2)cn1.O=C(O)c1cccc(Br)n1. The van der Waals surface area contributed by atoms with Crippen LogP contribution in [0.2, 0.25) is 0 Å². The number of pyridine rings is 2. The molecule has 1 amide bonds. The van der Waals surface area contributed by atoms with Crippen LogP contribution in [0.4, 0.5) is 5.69 Å². The number of benzene rings is 1. The van der Waals surface area contributed by atoms with Gasteiger partial charge in [-0.3, -0.25) is 4.79 Å². The molecule has 1 aromatic carbocycles. The molecule has 0 unspecified atom stereocenters. The smallest absolute Gasteiger partial charge is 0.354 e. The number of ether oxygens (including phenoxy) is 1. The second-order valence-corrected chi connectivity index (χ2v) is 8.13. The summed E-state index contributed by atoms with van der Waals surface area (Å²) in [5.41, 5.74) is 8.07. The lowest BCUT2D eigenvalue weighted by Gasteiger charge is -2.08. The fraction of sp³-hybridized carbons (Fsp3) is 0.167. The van der Waals surface area contributed by atoms with E-state index in [2.05, 4.69) is 36.2 Å². The number of rotatable bonds is 6. The van der Waals surface area contributed by atoms with Crippen molar-refractivity contribution in [3.8, 4) is 6.07 Å². The number of carboxylic acids is 1. The van der Waals surface area contributed by atoms with E-state index < -0.39 is 5.97 Å². The summed E-state index contributed by atoms with van der Waals surface area (Å²) in [7, 11) is 0. The van der Waals surface area contributed by atoms with Gasteiger partial charge in [-0.1, -0.05) is 18.2 Å². The van der Waals surface area contributed by atoms with Crippen molar-refractivity contribution in [3.63, 3.8) is 0 Å². The number of carbonyl (C=O) groups excluding carboxylic acids is 1. The number of aryl methyl sites for hydroxylation is 1. The van der Waals surface area contributed by atoms with Crippen LogP contribution < -0.4 is 11.1 Å². The van der Waals surface area contributed by atoms with Crippen molar-refractivity contribution in [3.05, 3.63) is 87.9 Å².